The van der Waals surface area contributed by atoms with Crippen LogP contribution in [0.5, 0.6) is 17.2 Å². The number of likely N-dealkylation sites (N-methyl/N-ethyl adjacent to an activating group) is 2. The number of amides is 1. The van der Waals surface area contributed by atoms with Crippen LogP contribution in [0, 0.1) is 29.1 Å². The number of nitrogens with one attached hydrogen (secondary N) is 2. The molecule has 0 saturated carbocycles. The monoisotopic (exact) mass is 1110 g/mol. The second-order valence-electron chi connectivity index (χ2n) is 16.5. The van der Waals surface area contributed by atoms with Crippen molar-refractivity contribution in [3.63, 3.8) is 0 Å². The molecule has 4 N–H and O–H groups in total. The topological polar surface area (TPSA) is 141 Å². The normalized spacial score (nSPS) is 12.2. The molecule has 0 bridgehead atoms. The van der Waals surface area contributed by atoms with Crippen LogP contribution < -0.4 is 30.6 Å². The summed E-state index contributed by atoms with van der Waals surface area (Å²) in [7, 11) is 4.72. The van der Waals surface area contributed by atoms with Gasteiger partial charge in [-0.05, 0) is 102 Å². The standard InChI is InChI=1S/C54H55F5N4O7.CH3I/c1-61-26-14-13-21-41(60)52(64)63(3)43(54(66)69-33-36-19-11-6-12-20-36)30-40-28-38(23-25-45(40)68-32-35-17-9-5-10-18-35)37-22-24-44(67-31-34-15-7-4-8-16-34)39(27-37)29-42(62-2)53(65)70-51-49(58)47(56)46(55)48(57)50(51)59;1-2/h4-12,15-20,22-25,27-28,41-43,61-62H,13-14,21,26,29-33,60H2,1-3H3;1H3/t41-,42-,43-;/m0./s1. The number of hydrogen-bond acceptors (Lipinski definition) is 10. The SMILES string of the molecule is CI.CNCCCC[C@H](N)C(=O)N(C)[C@@H](Cc1cc(-c2ccc(OCc3ccccc3)c(C[C@H](NC)C(=O)Oc3c(F)c(F)c(F)c(F)c3F)c2)ccc1OCc1ccccc1)C(=O)OCc1ccccc1. The van der Waals surface area contributed by atoms with Gasteiger partial charge in [0.2, 0.25) is 40.7 Å². The van der Waals surface area contributed by atoms with E-state index in [9.17, 15) is 36.3 Å². The Morgan fingerprint density at radius 3 is 1.54 bits per heavy atom. The van der Waals surface area contributed by atoms with Crippen molar-refractivity contribution in [1.82, 2.24) is 15.5 Å². The summed E-state index contributed by atoms with van der Waals surface area (Å²) in [4.78, 5) is 44.9. The van der Waals surface area contributed by atoms with Crippen LogP contribution in [0.2, 0.25) is 0 Å². The quantitative estimate of drug-likeness (QED) is 0.00785. The van der Waals surface area contributed by atoms with Gasteiger partial charge < -0.3 is 40.2 Å². The highest BCUT2D eigenvalue weighted by Gasteiger charge is 2.33. The van der Waals surface area contributed by atoms with Crippen molar-refractivity contribution in [2.45, 2.75) is 70.1 Å². The zero-order valence-electron chi connectivity index (χ0n) is 40.4. The number of nitrogens with zero attached hydrogens (tertiary/aromatic N) is 1. The number of unbranched alkanes of at least 4 members (excludes halogenated alkanes) is 1. The number of hydrogen-bond donors (Lipinski definition) is 3. The Hall–Kier alpha value is -6.41. The van der Waals surface area contributed by atoms with Gasteiger partial charge in [-0.15, -0.1) is 0 Å². The van der Waals surface area contributed by atoms with E-state index in [0.717, 1.165) is 29.7 Å². The Labute approximate surface area is 430 Å². The van der Waals surface area contributed by atoms with Gasteiger partial charge in [0.1, 0.15) is 43.4 Å². The summed E-state index contributed by atoms with van der Waals surface area (Å²) in [6.45, 7) is 0.992. The minimum Gasteiger partial charge on any atom is -0.489 e. The zero-order chi connectivity index (χ0) is 52.2. The molecule has 382 valence electrons. The van der Waals surface area contributed by atoms with Crippen molar-refractivity contribution in [3.8, 4) is 28.4 Å². The first-order valence-electron chi connectivity index (χ1n) is 23.0. The molecule has 6 aromatic carbocycles. The van der Waals surface area contributed by atoms with E-state index in [4.69, 9.17) is 24.7 Å². The second-order valence-corrected chi connectivity index (χ2v) is 16.5. The number of esters is 2. The van der Waals surface area contributed by atoms with Gasteiger partial charge in [0.25, 0.3) is 0 Å². The predicted octanol–water partition coefficient (Wildman–Crippen LogP) is 9.82. The fourth-order valence-corrected chi connectivity index (χ4v) is 7.57. The molecule has 72 heavy (non-hydrogen) atoms. The van der Waals surface area contributed by atoms with Crippen molar-refractivity contribution < 1.29 is 55.3 Å². The molecule has 0 heterocycles. The number of benzene rings is 6. The molecule has 0 spiro atoms. The fourth-order valence-electron chi connectivity index (χ4n) is 7.57. The minimum absolute atomic E-state index is 0.0458. The highest BCUT2D eigenvalue weighted by Crippen LogP contribution is 2.34. The Bertz CT molecular complexity index is 2680. The fraction of sp³-hybridized carbons (Fsp3) is 0.291. The number of nitrogens with two attached hydrogens (primary N) is 1. The van der Waals surface area contributed by atoms with Gasteiger partial charge >= 0.3 is 11.9 Å². The molecule has 6 aromatic rings. The summed E-state index contributed by atoms with van der Waals surface area (Å²) >= 11 is 2.15. The maximum Gasteiger partial charge on any atom is 0.329 e. The third kappa shape index (κ3) is 15.5. The lowest BCUT2D eigenvalue weighted by Gasteiger charge is -2.29. The van der Waals surface area contributed by atoms with Gasteiger partial charge in [0.05, 0.1) is 6.04 Å². The Kier molecular flexibility index (Phi) is 22.4. The molecule has 0 fully saturated rings. The molecule has 17 heteroatoms. The van der Waals surface area contributed by atoms with Crippen molar-refractivity contribution in [1.29, 1.82) is 0 Å². The zero-order valence-corrected chi connectivity index (χ0v) is 42.5. The average Bonchev–Trinajstić information content (AvgIpc) is 3.42. The summed E-state index contributed by atoms with van der Waals surface area (Å²) in [5.74, 6) is -15.0. The minimum atomic E-state index is -2.40. The van der Waals surface area contributed by atoms with Crippen LogP contribution in [0.1, 0.15) is 47.1 Å². The number of halogens is 6. The van der Waals surface area contributed by atoms with Gasteiger partial charge in [0.15, 0.2) is 0 Å². The molecule has 6 rings (SSSR count). The maximum atomic E-state index is 14.6. The molecule has 0 aliphatic rings. The molecule has 0 unspecified atom stereocenters. The van der Waals surface area contributed by atoms with Crippen molar-refractivity contribution in [3.05, 3.63) is 184 Å². The highest BCUT2D eigenvalue weighted by atomic mass is 127. The third-order valence-corrected chi connectivity index (χ3v) is 11.6. The van der Waals surface area contributed by atoms with E-state index in [1.807, 2.05) is 109 Å². The number of alkyl halides is 1. The molecule has 11 nitrogen and oxygen atoms in total. The Morgan fingerprint density at radius 1 is 0.611 bits per heavy atom. The van der Waals surface area contributed by atoms with E-state index in [1.54, 1.807) is 30.3 Å². The Balaban J connectivity index is 0.00000475. The molecular formula is C55H58F5IN4O7. The Morgan fingerprint density at radius 2 is 1.07 bits per heavy atom. The summed E-state index contributed by atoms with van der Waals surface area (Å²) in [5, 5.41) is 5.79. The smallest absolute Gasteiger partial charge is 0.329 e. The van der Waals surface area contributed by atoms with Crippen molar-refractivity contribution in [2.75, 3.05) is 32.6 Å². The van der Waals surface area contributed by atoms with E-state index in [0.29, 0.717) is 46.6 Å². The average molecular weight is 1110 g/mol. The van der Waals surface area contributed by atoms with Crippen LogP contribution in [0.4, 0.5) is 22.0 Å². The van der Waals surface area contributed by atoms with E-state index >= 15 is 0 Å². The van der Waals surface area contributed by atoms with Crippen LogP contribution >= 0.6 is 22.6 Å². The molecule has 0 aliphatic carbocycles. The summed E-state index contributed by atoms with van der Waals surface area (Å²) in [6.07, 6.45) is 1.58. The molecule has 3 atom stereocenters. The van der Waals surface area contributed by atoms with Gasteiger partial charge in [0, 0.05) is 19.9 Å². The van der Waals surface area contributed by atoms with Gasteiger partial charge in [-0.2, -0.15) is 8.78 Å². The molecule has 0 aromatic heterocycles. The van der Waals surface area contributed by atoms with Crippen molar-refractivity contribution in [2.24, 2.45) is 5.73 Å². The molecule has 1 amide bonds. The van der Waals surface area contributed by atoms with Crippen LogP contribution in [0.3, 0.4) is 0 Å². The van der Waals surface area contributed by atoms with Crippen LogP contribution in [0.15, 0.2) is 127 Å². The maximum absolute atomic E-state index is 14.6. The molecule has 0 saturated heterocycles. The van der Waals surface area contributed by atoms with Gasteiger partial charge in [-0.25, -0.2) is 22.8 Å². The van der Waals surface area contributed by atoms with E-state index in [2.05, 4.69) is 33.2 Å². The van der Waals surface area contributed by atoms with Crippen molar-refractivity contribution >= 4 is 40.4 Å². The first-order chi connectivity index (χ1) is 34.8. The number of rotatable bonds is 24. The van der Waals surface area contributed by atoms with E-state index in [1.165, 1.54) is 19.0 Å². The first kappa shape index (κ1) is 56.5. The van der Waals surface area contributed by atoms with Gasteiger partial charge in [-0.3, -0.25) is 4.79 Å². The number of ether oxygens (including phenoxy) is 4. The number of carbonyl (C=O) groups is 3. The van der Waals surface area contributed by atoms with Crippen LogP contribution in [0.25, 0.3) is 11.1 Å². The lowest BCUT2D eigenvalue weighted by atomic mass is 9.95. The molecular weight excluding hydrogens is 1050 g/mol. The third-order valence-electron chi connectivity index (χ3n) is 11.6. The van der Waals surface area contributed by atoms with E-state index in [-0.39, 0.29) is 32.7 Å². The lowest BCUT2D eigenvalue weighted by molar-refractivity contribution is -0.155. The largest absolute Gasteiger partial charge is 0.489 e. The molecule has 0 aliphatic heterocycles. The first-order valence-corrected chi connectivity index (χ1v) is 25.2. The van der Waals surface area contributed by atoms with Crippen LogP contribution in [-0.4, -0.2) is 73.5 Å². The number of carbonyl (C=O) groups excluding carboxylic acids is 3. The second kappa shape index (κ2) is 28.6. The van der Waals surface area contributed by atoms with Gasteiger partial charge in [-0.1, -0.05) is 132 Å². The van der Waals surface area contributed by atoms with E-state index < -0.39 is 70.8 Å². The summed E-state index contributed by atoms with van der Waals surface area (Å²) < 4.78 is 94.6. The lowest BCUT2D eigenvalue weighted by Crippen LogP contribution is -2.50. The molecule has 0 radical (unpaired) electrons. The predicted molar refractivity (Wildman–Crippen MR) is 274 cm³/mol. The summed E-state index contributed by atoms with van der Waals surface area (Å²) in [5.41, 5.74) is 11.0. The highest BCUT2D eigenvalue weighted by molar-refractivity contribution is 14.1. The summed E-state index contributed by atoms with van der Waals surface area (Å²) in [6, 6.07) is 34.9. The van der Waals surface area contributed by atoms with Crippen LogP contribution in [-0.2, 0) is 51.8 Å².